The lowest BCUT2D eigenvalue weighted by Crippen LogP contribution is -2.44. The topological polar surface area (TPSA) is 43.1 Å². The second kappa shape index (κ2) is 3.42. The molecular weight excluding hydrogens is 193 g/mol. The molecule has 0 bridgehead atoms. The van der Waals surface area contributed by atoms with Crippen LogP contribution in [0.3, 0.4) is 0 Å². The summed E-state index contributed by atoms with van der Waals surface area (Å²) >= 11 is 0. The van der Waals surface area contributed by atoms with Crippen LogP contribution in [0.15, 0.2) is 12.1 Å². The number of hydrogen-bond donors (Lipinski definition) is 1. The third-order valence-electron chi connectivity index (χ3n) is 3.24. The van der Waals surface area contributed by atoms with E-state index < -0.39 is 5.54 Å². The zero-order valence-corrected chi connectivity index (χ0v) is 8.72. The van der Waals surface area contributed by atoms with Gasteiger partial charge in [-0.1, -0.05) is 6.07 Å². The predicted molar refractivity (Wildman–Crippen MR) is 56.2 cm³/mol. The van der Waals surface area contributed by atoms with Crippen molar-refractivity contribution in [2.45, 2.75) is 31.7 Å². The van der Waals surface area contributed by atoms with E-state index >= 15 is 0 Å². The molecule has 3 heteroatoms. The molecule has 0 heterocycles. The fourth-order valence-electron chi connectivity index (χ4n) is 2.05. The highest BCUT2D eigenvalue weighted by Crippen LogP contribution is 2.40. The lowest BCUT2D eigenvalue weighted by molar-refractivity contribution is 0.111. The first-order valence-corrected chi connectivity index (χ1v) is 5.11. The lowest BCUT2D eigenvalue weighted by atomic mass is 9.71. The van der Waals surface area contributed by atoms with Crippen LogP contribution in [0.2, 0.25) is 0 Å². The maximum atomic E-state index is 13.3. The number of halogens is 1. The molecule has 1 saturated carbocycles. The van der Waals surface area contributed by atoms with E-state index in [1.165, 1.54) is 6.07 Å². The summed E-state index contributed by atoms with van der Waals surface area (Å²) in [6, 6.07) is 2.99. The number of rotatable bonds is 2. The van der Waals surface area contributed by atoms with E-state index in [4.69, 9.17) is 5.73 Å². The van der Waals surface area contributed by atoms with Gasteiger partial charge in [0, 0.05) is 11.1 Å². The highest BCUT2D eigenvalue weighted by Gasteiger charge is 2.36. The first-order chi connectivity index (χ1) is 7.07. The van der Waals surface area contributed by atoms with E-state index in [1.807, 2.05) is 0 Å². The first kappa shape index (κ1) is 10.3. The van der Waals surface area contributed by atoms with Gasteiger partial charge in [-0.25, -0.2) is 4.39 Å². The Bertz CT molecular complexity index is 410. The van der Waals surface area contributed by atoms with Gasteiger partial charge in [-0.2, -0.15) is 0 Å². The van der Waals surface area contributed by atoms with Crippen LogP contribution >= 0.6 is 0 Å². The van der Waals surface area contributed by atoms with Crippen molar-refractivity contribution >= 4 is 6.29 Å². The SMILES string of the molecule is Cc1cc(C2(N)CCC2)c(C=O)cc1F. The number of carbonyl (C=O) groups is 1. The van der Waals surface area contributed by atoms with Crippen molar-refractivity contribution in [2.24, 2.45) is 5.73 Å². The lowest BCUT2D eigenvalue weighted by Gasteiger charge is -2.39. The number of nitrogens with two attached hydrogens (primary N) is 1. The number of aryl methyl sites for hydroxylation is 1. The Kier molecular flexibility index (Phi) is 2.35. The molecule has 1 aliphatic rings. The van der Waals surface area contributed by atoms with Gasteiger partial charge in [0.1, 0.15) is 5.82 Å². The Labute approximate surface area is 88.3 Å². The number of benzene rings is 1. The fourth-order valence-corrected chi connectivity index (χ4v) is 2.05. The molecule has 0 unspecified atom stereocenters. The van der Waals surface area contributed by atoms with Crippen molar-refractivity contribution in [1.29, 1.82) is 0 Å². The van der Waals surface area contributed by atoms with Gasteiger partial charge in [0.15, 0.2) is 6.29 Å². The molecule has 0 amide bonds. The summed E-state index contributed by atoms with van der Waals surface area (Å²) in [5, 5.41) is 0. The fraction of sp³-hybridized carbons (Fsp3) is 0.417. The Hall–Kier alpha value is -1.22. The van der Waals surface area contributed by atoms with Gasteiger partial charge >= 0.3 is 0 Å². The summed E-state index contributed by atoms with van der Waals surface area (Å²) in [4.78, 5) is 10.9. The molecule has 0 atom stereocenters. The quantitative estimate of drug-likeness (QED) is 0.756. The minimum absolute atomic E-state index is 0.344. The van der Waals surface area contributed by atoms with Gasteiger partial charge in [0.05, 0.1) is 0 Å². The minimum Gasteiger partial charge on any atom is -0.321 e. The van der Waals surface area contributed by atoms with Crippen molar-refractivity contribution < 1.29 is 9.18 Å². The highest BCUT2D eigenvalue weighted by molar-refractivity contribution is 5.78. The first-order valence-electron chi connectivity index (χ1n) is 5.11. The second-order valence-electron chi connectivity index (χ2n) is 4.32. The number of carbonyl (C=O) groups excluding carboxylic acids is 1. The monoisotopic (exact) mass is 207 g/mol. The molecule has 2 N–H and O–H groups in total. The summed E-state index contributed by atoms with van der Waals surface area (Å²) < 4.78 is 13.3. The molecule has 1 aromatic carbocycles. The molecule has 1 aromatic rings. The predicted octanol–water partition coefficient (Wildman–Crippen LogP) is 2.28. The van der Waals surface area contributed by atoms with Crippen LogP contribution in [-0.4, -0.2) is 6.29 Å². The third kappa shape index (κ3) is 1.57. The molecule has 2 nitrogen and oxygen atoms in total. The van der Waals surface area contributed by atoms with Crippen LogP contribution in [0.5, 0.6) is 0 Å². The highest BCUT2D eigenvalue weighted by atomic mass is 19.1. The summed E-state index contributed by atoms with van der Waals surface area (Å²) in [5.41, 5.74) is 7.46. The maximum Gasteiger partial charge on any atom is 0.150 e. The van der Waals surface area contributed by atoms with Crippen molar-refractivity contribution in [2.75, 3.05) is 0 Å². The minimum atomic E-state index is -0.408. The largest absolute Gasteiger partial charge is 0.321 e. The molecule has 0 saturated heterocycles. The number of aldehydes is 1. The van der Waals surface area contributed by atoms with Crippen molar-refractivity contribution in [3.05, 3.63) is 34.6 Å². The molecule has 2 rings (SSSR count). The van der Waals surface area contributed by atoms with E-state index in [2.05, 4.69) is 0 Å². The summed E-state index contributed by atoms with van der Waals surface area (Å²) in [7, 11) is 0. The molecule has 0 spiro atoms. The average molecular weight is 207 g/mol. The molecule has 15 heavy (non-hydrogen) atoms. The Morgan fingerprint density at radius 3 is 2.60 bits per heavy atom. The number of hydrogen-bond acceptors (Lipinski definition) is 2. The Balaban J connectivity index is 2.54. The second-order valence-corrected chi connectivity index (χ2v) is 4.32. The van der Waals surface area contributed by atoms with Gasteiger partial charge < -0.3 is 5.73 Å². The summed E-state index contributed by atoms with van der Waals surface area (Å²) in [6.07, 6.45) is 3.51. The average Bonchev–Trinajstić information content (AvgIpc) is 2.18. The molecule has 1 aliphatic carbocycles. The molecule has 0 aliphatic heterocycles. The van der Waals surface area contributed by atoms with E-state index in [9.17, 15) is 9.18 Å². The van der Waals surface area contributed by atoms with Crippen LogP contribution in [0.1, 0.15) is 40.7 Å². The smallest absolute Gasteiger partial charge is 0.150 e. The Morgan fingerprint density at radius 2 is 2.13 bits per heavy atom. The van der Waals surface area contributed by atoms with Gasteiger partial charge in [-0.05, 0) is 43.4 Å². The van der Waals surface area contributed by atoms with E-state index in [0.29, 0.717) is 17.4 Å². The third-order valence-corrected chi connectivity index (χ3v) is 3.24. The van der Waals surface area contributed by atoms with Gasteiger partial charge in [0.2, 0.25) is 0 Å². The van der Waals surface area contributed by atoms with Gasteiger partial charge in [-0.15, -0.1) is 0 Å². The molecular formula is C12H14FNO. The zero-order valence-electron chi connectivity index (χ0n) is 8.72. The molecule has 1 fully saturated rings. The van der Waals surface area contributed by atoms with Gasteiger partial charge in [-0.3, -0.25) is 4.79 Å². The Morgan fingerprint density at radius 1 is 1.47 bits per heavy atom. The van der Waals surface area contributed by atoms with Crippen LogP contribution in [0.25, 0.3) is 0 Å². The standard InChI is InChI=1S/C12H14FNO/c1-8-5-10(12(14)3-2-4-12)9(7-15)6-11(8)13/h5-7H,2-4,14H2,1H3. The van der Waals surface area contributed by atoms with Crippen LogP contribution < -0.4 is 5.73 Å². The van der Waals surface area contributed by atoms with E-state index in [0.717, 1.165) is 24.8 Å². The molecule has 0 radical (unpaired) electrons. The van der Waals surface area contributed by atoms with Crippen LogP contribution in [0, 0.1) is 12.7 Å². The van der Waals surface area contributed by atoms with E-state index in [-0.39, 0.29) is 5.82 Å². The molecule has 80 valence electrons. The zero-order chi connectivity index (χ0) is 11.1. The van der Waals surface area contributed by atoms with Gasteiger partial charge in [0.25, 0.3) is 0 Å². The maximum absolute atomic E-state index is 13.3. The van der Waals surface area contributed by atoms with Crippen molar-refractivity contribution in [3.8, 4) is 0 Å². The van der Waals surface area contributed by atoms with Crippen molar-refractivity contribution in [1.82, 2.24) is 0 Å². The summed E-state index contributed by atoms with van der Waals surface area (Å²) in [5.74, 6) is -0.344. The van der Waals surface area contributed by atoms with Crippen molar-refractivity contribution in [3.63, 3.8) is 0 Å². The molecule has 0 aromatic heterocycles. The van der Waals surface area contributed by atoms with E-state index in [1.54, 1.807) is 13.0 Å². The normalized spacial score (nSPS) is 18.3. The summed E-state index contributed by atoms with van der Waals surface area (Å²) in [6.45, 7) is 1.69. The van der Waals surface area contributed by atoms with Crippen LogP contribution in [-0.2, 0) is 5.54 Å². The van der Waals surface area contributed by atoms with Crippen LogP contribution in [0.4, 0.5) is 4.39 Å².